The van der Waals surface area contributed by atoms with Crippen molar-refractivity contribution in [1.82, 2.24) is 4.90 Å². The largest absolute Gasteiger partial charge is 0.508 e. The summed E-state index contributed by atoms with van der Waals surface area (Å²) in [5.74, 6) is -1.17. The van der Waals surface area contributed by atoms with Gasteiger partial charge in [-0.3, -0.25) is 4.79 Å². The molecule has 0 aliphatic carbocycles. The SMILES string of the molecule is CC(C)c1cc(C(=O)N(C)Cc2ccccc2F)c(O)cc1O. The van der Waals surface area contributed by atoms with Crippen molar-refractivity contribution >= 4 is 5.91 Å². The molecule has 0 aliphatic heterocycles. The van der Waals surface area contributed by atoms with E-state index in [9.17, 15) is 19.4 Å². The van der Waals surface area contributed by atoms with Gasteiger partial charge < -0.3 is 15.1 Å². The van der Waals surface area contributed by atoms with E-state index in [-0.39, 0.29) is 35.3 Å². The fourth-order valence-corrected chi connectivity index (χ4v) is 2.39. The van der Waals surface area contributed by atoms with Gasteiger partial charge in [0.05, 0.1) is 5.56 Å². The van der Waals surface area contributed by atoms with Gasteiger partial charge in [0, 0.05) is 25.2 Å². The lowest BCUT2D eigenvalue weighted by Crippen LogP contribution is -2.26. The van der Waals surface area contributed by atoms with E-state index in [2.05, 4.69) is 0 Å². The number of carbonyl (C=O) groups excluding carboxylic acids is 1. The number of amides is 1. The van der Waals surface area contributed by atoms with Gasteiger partial charge in [-0.25, -0.2) is 4.39 Å². The van der Waals surface area contributed by atoms with Crippen LogP contribution in [0.25, 0.3) is 0 Å². The summed E-state index contributed by atoms with van der Waals surface area (Å²) in [7, 11) is 1.54. The molecule has 4 nitrogen and oxygen atoms in total. The third-order valence-corrected chi connectivity index (χ3v) is 3.71. The molecule has 122 valence electrons. The third kappa shape index (κ3) is 3.62. The molecule has 0 aliphatic rings. The summed E-state index contributed by atoms with van der Waals surface area (Å²) in [6.45, 7) is 3.84. The van der Waals surface area contributed by atoms with E-state index in [1.807, 2.05) is 13.8 Å². The first kappa shape index (κ1) is 16.8. The second-order valence-corrected chi connectivity index (χ2v) is 5.84. The molecule has 0 spiro atoms. The molecule has 2 rings (SSSR count). The smallest absolute Gasteiger partial charge is 0.257 e. The Balaban J connectivity index is 2.29. The molecule has 2 N–H and O–H groups in total. The highest BCUT2D eigenvalue weighted by Gasteiger charge is 2.20. The number of rotatable bonds is 4. The first-order valence-electron chi connectivity index (χ1n) is 7.36. The highest BCUT2D eigenvalue weighted by Crippen LogP contribution is 2.32. The van der Waals surface area contributed by atoms with Crippen molar-refractivity contribution in [3.8, 4) is 11.5 Å². The average molecular weight is 317 g/mol. The van der Waals surface area contributed by atoms with Crippen molar-refractivity contribution in [2.75, 3.05) is 7.05 Å². The minimum absolute atomic E-state index is 0.000904. The maximum Gasteiger partial charge on any atom is 0.257 e. The van der Waals surface area contributed by atoms with Crippen molar-refractivity contribution in [2.45, 2.75) is 26.3 Å². The average Bonchev–Trinajstić information content (AvgIpc) is 2.48. The maximum absolute atomic E-state index is 13.7. The summed E-state index contributed by atoms with van der Waals surface area (Å²) < 4.78 is 13.7. The second kappa shape index (κ2) is 6.69. The highest BCUT2D eigenvalue weighted by molar-refractivity contribution is 5.97. The molecule has 0 unspecified atom stereocenters. The van der Waals surface area contributed by atoms with Crippen LogP contribution in [0.5, 0.6) is 11.5 Å². The Kier molecular flexibility index (Phi) is 4.89. The van der Waals surface area contributed by atoms with E-state index in [4.69, 9.17) is 0 Å². The van der Waals surface area contributed by atoms with Crippen molar-refractivity contribution in [1.29, 1.82) is 0 Å². The lowest BCUT2D eigenvalue weighted by molar-refractivity contribution is 0.0780. The zero-order valence-corrected chi connectivity index (χ0v) is 13.4. The van der Waals surface area contributed by atoms with Gasteiger partial charge in [0.2, 0.25) is 0 Å². The molecule has 0 saturated heterocycles. The van der Waals surface area contributed by atoms with Gasteiger partial charge in [0.15, 0.2) is 0 Å². The lowest BCUT2D eigenvalue weighted by atomic mass is 9.98. The van der Waals surface area contributed by atoms with Crippen LogP contribution in [0, 0.1) is 5.82 Å². The number of phenols is 2. The van der Waals surface area contributed by atoms with Gasteiger partial charge in [0.1, 0.15) is 17.3 Å². The van der Waals surface area contributed by atoms with Gasteiger partial charge >= 0.3 is 0 Å². The molecule has 0 bridgehead atoms. The van der Waals surface area contributed by atoms with E-state index < -0.39 is 5.91 Å². The number of benzene rings is 2. The van der Waals surface area contributed by atoms with Crippen LogP contribution < -0.4 is 0 Å². The van der Waals surface area contributed by atoms with Crippen LogP contribution in [0.2, 0.25) is 0 Å². The molecule has 0 saturated carbocycles. The van der Waals surface area contributed by atoms with Crippen LogP contribution in [-0.4, -0.2) is 28.1 Å². The fourth-order valence-electron chi connectivity index (χ4n) is 2.39. The fraction of sp³-hybridized carbons (Fsp3) is 0.278. The van der Waals surface area contributed by atoms with Gasteiger partial charge in [0.25, 0.3) is 5.91 Å². The summed E-state index contributed by atoms with van der Waals surface area (Å²) in [5.41, 5.74) is 1.06. The van der Waals surface area contributed by atoms with E-state index in [1.165, 1.54) is 30.1 Å². The van der Waals surface area contributed by atoms with Crippen LogP contribution in [0.3, 0.4) is 0 Å². The summed E-state index contributed by atoms with van der Waals surface area (Å²) in [4.78, 5) is 13.9. The number of hydrogen-bond donors (Lipinski definition) is 2. The molecule has 5 heteroatoms. The van der Waals surface area contributed by atoms with Crippen LogP contribution in [0.4, 0.5) is 4.39 Å². The lowest BCUT2D eigenvalue weighted by Gasteiger charge is -2.19. The maximum atomic E-state index is 13.7. The topological polar surface area (TPSA) is 60.8 Å². The third-order valence-electron chi connectivity index (χ3n) is 3.71. The molecule has 0 radical (unpaired) electrons. The summed E-state index contributed by atoms with van der Waals surface area (Å²) in [6.07, 6.45) is 0. The first-order chi connectivity index (χ1) is 10.8. The Hall–Kier alpha value is -2.56. The Bertz CT molecular complexity index is 728. The Morgan fingerprint density at radius 2 is 1.83 bits per heavy atom. The number of aromatic hydroxyl groups is 2. The number of phenolic OH excluding ortho intramolecular Hbond substituents is 2. The minimum Gasteiger partial charge on any atom is -0.508 e. The van der Waals surface area contributed by atoms with Crippen LogP contribution in [-0.2, 0) is 6.54 Å². The standard InChI is InChI=1S/C18H20FNO3/c1-11(2)13-8-14(17(22)9-16(13)21)18(23)20(3)10-12-6-4-5-7-15(12)19/h4-9,11,21-22H,10H2,1-3H3. The minimum atomic E-state index is -0.437. The molecule has 23 heavy (non-hydrogen) atoms. The van der Waals surface area contributed by atoms with Gasteiger partial charge in [-0.15, -0.1) is 0 Å². The highest BCUT2D eigenvalue weighted by atomic mass is 19.1. The Morgan fingerprint density at radius 3 is 2.43 bits per heavy atom. The normalized spacial score (nSPS) is 10.8. The molecular weight excluding hydrogens is 297 g/mol. The van der Waals surface area contributed by atoms with E-state index in [0.29, 0.717) is 11.1 Å². The Morgan fingerprint density at radius 1 is 1.17 bits per heavy atom. The molecule has 1 amide bonds. The van der Waals surface area contributed by atoms with Crippen molar-refractivity contribution in [3.63, 3.8) is 0 Å². The zero-order chi connectivity index (χ0) is 17.1. The zero-order valence-electron chi connectivity index (χ0n) is 13.4. The predicted molar refractivity (Wildman–Crippen MR) is 86.1 cm³/mol. The Labute approximate surface area is 134 Å². The summed E-state index contributed by atoms with van der Waals surface area (Å²) >= 11 is 0. The first-order valence-corrected chi connectivity index (χ1v) is 7.36. The van der Waals surface area contributed by atoms with E-state index >= 15 is 0 Å². The second-order valence-electron chi connectivity index (χ2n) is 5.84. The van der Waals surface area contributed by atoms with Crippen LogP contribution >= 0.6 is 0 Å². The number of halogens is 1. The molecule has 0 fully saturated rings. The van der Waals surface area contributed by atoms with Crippen molar-refractivity contribution in [3.05, 3.63) is 58.9 Å². The van der Waals surface area contributed by atoms with E-state index in [1.54, 1.807) is 18.2 Å². The monoisotopic (exact) mass is 317 g/mol. The van der Waals surface area contributed by atoms with E-state index in [0.717, 1.165) is 0 Å². The van der Waals surface area contributed by atoms with Crippen LogP contribution in [0.1, 0.15) is 41.3 Å². The number of carbonyl (C=O) groups is 1. The molecule has 2 aromatic rings. The quantitative estimate of drug-likeness (QED) is 0.905. The van der Waals surface area contributed by atoms with Crippen molar-refractivity contribution in [2.24, 2.45) is 0 Å². The van der Waals surface area contributed by atoms with Gasteiger partial charge in [-0.2, -0.15) is 0 Å². The summed E-state index contributed by atoms with van der Waals surface area (Å²) in [6, 6.07) is 8.87. The molecule has 0 aromatic heterocycles. The molecule has 0 atom stereocenters. The number of hydrogen-bond acceptors (Lipinski definition) is 3. The molecule has 2 aromatic carbocycles. The molecular formula is C18H20FNO3. The number of nitrogens with zero attached hydrogens (tertiary/aromatic N) is 1. The van der Waals surface area contributed by atoms with Crippen molar-refractivity contribution < 1.29 is 19.4 Å². The summed E-state index contributed by atoms with van der Waals surface area (Å²) in [5, 5.41) is 19.8. The molecule has 0 heterocycles. The van der Waals surface area contributed by atoms with Gasteiger partial charge in [-0.05, 0) is 23.6 Å². The van der Waals surface area contributed by atoms with Crippen LogP contribution in [0.15, 0.2) is 36.4 Å². The predicted octanol–water partition coefficient (Wildman–Crippen LogP) is 3.63. The van der Waals surface area contributed by atoms with Gasteiger partial charge in [-0.1, -0.05) is 32.0 Å².